The second-order valence-electron chi connectivity index (χ2n) is 5.92. The molecular weight excluding hydrogens is 376 g/mol. The topological polar surface area (TPSA) is 88.4 Å². The molecular formula is C21H22N2O4S. The Bertz CT molecular complexity index is 877. The van der Waals surface area contributed by atoms with E-state index in [0.29, 0.717) is 18.7 Å². The van der Waals surface area contributed by atoms with Crippen LogP contribution in [0.4, 0.5) is 5.69 Å². The van der Waals surface area contributed by atoms with E-state index in [1.54, 1.807) is 12.1 Å². The van der Waals surface area contributed by atoms with Gasteiger partial charge in [0.2, 0.25) is 0 Å². The van der Waals surface area contributed by atoms with Crippen molar-refractivity contribution in [2.75, 3.05) is 18.5 Å². The molecule has 2 aromatic rings. The number of hydrogen-bond acceptors (Lipinski definition) is 6. The number of rotatable bonds is 9. The Labute approximate surface area is 168 Å². The molecule has 1 N–H and O–H groups in total. The standard InChI is InChI=1S/C21H22N2O4S/c1-3-26-19-7-5-4-6-16(19)8-11-21(25)27-13-20(24)23-18-10-9-17(28-14-22)12-15(18)2/h4-7,9-10,12H,3,8,11,13H2,1-2H3,(H,23,24). The molecule has 28 heavy (non-hydrogen) atoms. The molecule has 0 aliphatic heterocycles. The van der Waals surface area contributed by atoms with E-state index in [4.69, 9.17) is 14.7 Å². The van der Waals surface area contributed by atoms with Crippen molar-refractivity contribution in [3.63, 3.8) is 0 Å². The monoisotopic (exact) mass is 398 g/mol. The molecule has 2 aromatic carbocycles. The molecule has 0 aliphatic rings. The molecule has 0 atom stereocenters. The fourth-order valence-electron chi connectivity index (χ4n) is 2.54. The molecule has 2 rings (SSSR count). The highest BCUT2D eigenvalue weighted by atomic mass is 32.2. The third-order valence-corrected chi connectivity index (χ3v) is 4.45. The zero-order valence-corrected chi connectivity index (χ0v) is 16.7. The van der Waals surface area contributed by atoms with E-state index in [0.717, 1.165) is 33.5 Å². The lowest BCUT2D eigenvalue weighted by molar-refractivity contribution is -0.147. The minimum atomic E-state index is -0.445. The van der Waals surface area contributed by atoms with E-state index in [9.17, 15) is 9.59 Å². The normalized spacial score (nSPS) is 10.0. The molecule has 0 saturated carbocycles. The van der Waals surface area contributed by atoms with Crippen molar-refractivity contribution in [3.8, 4) is 11.2 Å². The maximum atomic E-state index is 12.0. The van der Waals surface area contributed by atoms with Crippen LogP contribution in [0.2, 0.25) is 0 Å². The summed E-state index contributed by atoms with van der Waals surface area (Å²) < 4.78 is 10.6. The van der Waals surface area contributed by atoms with Gasteiger partial charge >= 0.3 is 5.97 Å². The predicted octanol–water partition coefficient (Wildman–Crippen LogP) is 4.08. The molecule has 0 saturated heterocycles. The van der Waals surface area contributed by atoms with Gasteiger partial charge in [-0.25, -0.2) is 0 Å². The molecule has 0 aliphatic carbocycles. The number of hydrogen-bond donors (Lipinski definition) is 1. The molecule has 0 bridgehead atoms. The molecule has 7 heteroatoms. The zero-order chi connectivity index (χ0) is 20.4. The highest BCUT2D eigenvalue weighted by molar-refractivity contribution is 8.03. The van der Waals surface area contributed by atoms with Gasteiger partial charge in [0, 0.05) is 17.0 Å². The maximum Gasteiger partial charge on any atom is 0.306 e. The average Bonchev–Trinajstić information content (AvgIpc) is 2.68. The molecule has 146 valence electrons. The van der Waals surface area contributed by atoms with Gasteiger partial charge in [-0.3, -0.25) is 9.59 Å². The van der Waals surface area contributed by atoms with Crippen LogP contribution in [0.1, 0.15) is 24.5 Å². The predicted molar refractivity (Wildman–Crippen MR) is 108 cm³/mol. The zero-order valence-electron chi connectivity index (χ0n) is 15.9. The van der Waals surface area contributed by atoms with Gasteiger partial charge in [-0.2, -0.15) is 5.26 Å². The number of para-hydroxylation sites is 1. The number of anilines is 1. The molecule has 0 spiro atoms. The van der Waals surface area contributed by atoms with Crippen LogP contribution in [0.3, 0.4) is 0 Å². The van der Waals surface area contributed by atoms with Crippen LogP contribution in [-0.2, 0) is 20.7 Å². The van der Waals surface area contributed by atoms with Gasteiger partial charge in [-0.1, -0.05) is 18.2 Å². The van der Waals surface area contributed by atoms with Crippen LogP contribution >= 0.6 is 11.8 Å². The van der Waals surface area contributed by atoms with Gasteiger partial charge in [0.25, 0.3) is 5.91 Å². The summed E-state index contributed by atoms with van der Waals surface area (Å²) in [6.07, 6.45) is 0.643. The maximum absolute atomic E-state index is 12.0. The summed E-state index contributed by atoms with van der Waals surface area (Å²) in [5.41, 5.74) is 2.37. The van der Waals surface area contributed by atoms with Crippen molar-refractivity contribution in [1.29, 1.82) is 5.26 Å². The van der Waals surface area contributed by atoms with E-state index in [-0.39, 0.29) is 13.0 Å². The molecule has 0 fully saturated rings. The number of carbonyl (C=O) groups is 2. The smallest absolute Gasteiger partial charge is 0.306 e. The summed E-state index contributed by atoms with van der Waals surface area (Å²) in [4.78, 5) is 24.8. The molecule has 0 unspecified atom stereocenters. The Hall–Kier alpha value is -2.98. The highest BCUT2D eigenvalue weighted by Crippen LogP contribution is 2.23. The van der Waals surface area contributed by atoms with Crippen LogP contribution in [-0.4, -0.2) is 25.1 Å². The molecule has 6 nitrogen and oxygen atoms in total. The summed E-state index contributed by atoms with van der Waals surface area (Å²) in [6, 6.07) is 12.8. The summed E-state index contributed by atoms with van der Waals surface area (Å²) >= 11 is 1.05. The number of thiocyanates is 1. The fraction of sp³-hybridized carbons (Fsp3) is 0.286. The first-order chi connectivity index (χ1) is 13.5. The number of amides is 1. The first-order valence-electron chi connectivity index (χ1n) is 8.86. The highest BCUT2D eigenvalue weighted by Gasteiger charge is 2.11. The Kier molecular flexibility index (Phi) is 8.37. The number of carbonyl (C=O) groups excluding carboxylic acids is 2. The summed E-state index contributed by atoms with van der Waals surface area (Å²) in [6.45, 7) is 3.94. The lowest BCUT2D eigenvalue weighted by Gasteiger charge is -2.11. The molecule has 1 amide bonds. The van der Waals surface area contributed by atoms with Gasteiger partial charge in [0.15, 0.2) is 6.61 Å². The van der Waals surface area contributed by atoms with Crippen molar-refractivity contribution in [1.82, 2.24) is 0 Å². The quantitative estimate of drug-likeness (QED) is 0.389. The Balaban J connectivity index is 1.80. The number of nitriles is 1. The molecule has 0 heterocycles. The van der Waals surface area contributed by atoms with Crippen molar-refractivity contribution >= 4 is 29.3 Å². The second-order valence-corrected chi connectivity index (χ2v) is 6.78. The van der Waals surface area contributed by atoms with Crippen LogP contribution in [0.15, 0.2) is 47.4 Å². The molecule has 0 aromatic heterocycles. The van der Waals surface area contributed by atoms with Crippen molar-refractivity contribution < 1.29 is 19.1 Å². The lowest BCUT2D eigenvalue weighted by Crippen LogP contribution is -2.21. The number of benzene rings is 2. The SMILES string of the molecule is CCOc1ccccc1CCC(=O)OCC(=O)Nc1ccc(SC#N)cc1C. The van der Waals surface area contributed by atoms with E-state index >= 15 is 0 Å². The summed E-state index contributed by atoms with van der Waals surface area (Å²) in [5.74, 6) is -0.102. The number of esters is 1. The number of ether oxygens (including phenoxy) is 2. The van der Waals surface area contributed by atoms with Gasteiger partial charge in [-0.05, 0) is 67.4 Å². The minimum absolute atomic E-state index is 0.163. The number of thioether (sulfide) groups is 1. The Morgan fingerprint density at radius 2 is 2.00 bits per heavy atom. The number of nitrogens with zero attached hydrogens (tertiary/aromatic N) is 1. The number of nitrogens with one attached hydrogen (secondary N) is 1. The average molecular weight is 398 g/mol. The van der Waals surface area contributed by atoms with E-state index < -0.39 is 11.9 Å². The van der Waals surface area contributed by atoms with Crippen LogP contribution in [0.25, 0.3) is 0 Å². The van der Waals surface area contributed by atoms with Gasteiger partial charge in [-0.15, -0.1) is 0 Å². The minimum Gasteiger partial charge on any atom is -0.494 e. The van der Waals surface area contributed by atoms with E-state index in [1.165, 1.54) is 0 Å². The third-order valence-electron chi connectivity index (χ3n) is 3.87. The van der Waals surface area contributed by atoms with E-state index in [2.05, 4.69) is 5.32 Å². The molecule has 0 radical (unpaired) electrons. The number of aryl methyl sites for hydroxylation is 2. The first-order valence-corrected chi connectivity index (χ1v) is 9.68. The van der Waals surface area contributed by atoms with Crippen LogP contribution in [0.5, 0.6) is 5.75 Å². The third kappa shape index (κ3) is 6.63. The Morgan fingerprint density at radius 3 is 2.71 bits per heavy atom. The fourth-order valence-corrected chi connectivity index (χ4v) is 3.02. The van der Waals surface area contributed by atoms with E-state index in [1.807, 2.05) is 49.6 Å². The van der Waals surface area contributed by atoms with Crippen LogP contribution in [0, 0.1) is 17.6 Å². The summed E-state index contributed by atoms with van der Waals surface area (Å²) in [5, 5.41) is 13.4. The van der Waals surface area contributed by atoms with Gasteiger partial charge < -0.3 is 14.8 Å². The van der Waals surface area contributed by atoms with Crippen molar-refractivity contribution in [3.05, 3.63) is 53.6 Å². The van der Waals surface area contributed by atoms with Gasteiger partial charge in [0.05, 0.1) is 6.61 Å². The van der Waals surface area contributed by atoms with Crippen molar-refractivity contribution in [2.24, 2.45) is 0 Å². The largest absolute Gasteiger partial charge is 0.494 e. The second kappa shape index (κ2) is 11.0. The first kappa shape index (κ1) is 21.3. The Morgan fingerprint density at radius 1 is 1.21 bits per heavy atom. The van der Waals surface area contributed by atoms with Crippen molar-refractivity contribution in [2.45, 2.75) is 31.6 Å². The van der Waals surface area contributed by atoms with Crippen LogP contribution < -0.4 is 10.1 Å². The lowest BCUT2D eigenvalue weighted by atomic mass is 10.1. The van der Waals surface area contributed by atoms with Gasteiger partial charge in [0.1, 0.15) is 11.2 Å². The summed E-state index contributed by atoms with van der Waals surface area (Å²) in [7, 11) is 0.